The summed E-state index contributed by atoms with van der Waals surface area (Å²) in [5, 5.41) is 4.04. The summed E-state index contributed by atoms with van der Waals surface area (Å²) in [6, 6.07) is 15.1. The monoisotopic (exact) mass is 348 g/mol. The summed E-state index contributed by atoms with van der Waals surface area (Å²) in [4.78, 5) is 13.1. The average molecular weight is 348 g/mol. The minimum absolute atomic E-state index is 0.174. The van der Waals surface area contributed by atoms with E-state index in [0.717, 1.165) is 17.0 Å². The Morgan fingerprint density at radius 3 is 2.54 bits per heavy atom. The maximum atomic E-state index is 13.9. The summed E-state index contributed by atoms with van der Waals surface area (Å²) >= 11 is 0. The van der Waals surface area contributed by atoms with Crippen molar-refractivity contribution in [1.82, 2.24) is 15.0 Å². The van der Waals surface area contributed by atoms with E-state index in [1.54, 1.807) is 12.1 Å². The van der Waals surface area contributed by atoms with E-state index in [1.165, 1.54) is 18.3 Å². The van der Waals surface area contributed by atoms with Gasteiger partial charge in [-0.15, -0.1) is 0 Å². The molecule has 0 saturated heterocycles. The summed E-state index contributed by atoms with van der Waals surface area (Å²) in [5.74, 6) is 0.0730. The van der Waals surface area contributed by atoms with Crippen LogP contribution in [0.2, 0.25) is 0 Å². The van der Waals surface area contributed by atoms with Crippen LogP contribution in [-0.2, 0) is 0 Å². The summed E-state index contributed by atoms with van der Waals surface area (Å²) in [7, 11) is 0. The molecule has 4 rings (SSSR count). The van der Waals surface area contributed by atoms with Gasteiger partial charge < -0.3 is 5.32 Å². The molecule has 0 radical (unpaired) electrons. The first-order valence-corrected chi connectivity index (χ1v) is 8.02. The summed E-state index contributed by atoms with van der Waals surface area (Å²) in [5.41, 5.74) is 1.50. The molecule has 0 atom stereocenters. The highest BCUT2D eigenvalue weighted by Gasteiger charge is 2.11. The fourth-order valence-electron chi connectivity index (χ4n) is 2.76. The first-order valence-electron chi connectivity index (χ1n) is 8.02. The van der Waals surface area contributed by atoms with E-state index < -0.39 is 11.6 Å². The second-order valence-corrected chi connectivity index (χ2v) is 5.80. The van der Waals surface area contributed by atoms with Gasteiger partial charge in [0.15, 0.2) is 11.6 Å². The number of halogens is 2. The van der Waals surface area contributed by atoms with Gasteiger partial charge in [-0.1, -0.05) is 24.3 Å². The standard InChI is InChI=1S/C20H14F2N4/c1-12-24-17-8-3-2-5-15(17)20(25-12)26-18-10-9-13(11-23-18)14-6-4-7-16(21)19(14)22/h2-11H,1H3,(H,23,24,25,26). The number of rotatable bonds is 3. The summed E-state index contributed by atoms with van der Waals surface area (Å²) in [6.07, 6.45) is 1.50. The van der Waals surface area contributed by atoms with Crippen molar-refractivity contribution in [2.45, 2.75) is 6.92 Å². The third-order valence-corrected chi connectivity index (χ3v) is 3.99. The topological polar surface area (TPSA) is 50.7 Å². The van der Waals surface area contributed by atoms with Crippen LogP contribution in [0.1, 0.15) is 5.82 Å². The van der Waals surface area contributed by atoms with Crippen LogP contribution >= 0.6 is 0 Å². The number of nitrogens with zero attached hydrogens (tertiary/aromatic N) is 3. The molecule has 0 aliphatic rings. The number of aromatic nitrogens is 3. The van der Waals surface area contributed by atoms with Crippen molar-refractivity contribution in [3.8, 4) is 11.1 Å². The second kappa shape index (κ2) is 6.48. The number of anilines is 2. The number of pyridine rings is 1. The Bertz CT molecular complexity index is 1090. The van der Waals surface area contributed by atoms with Gasteiger partial charge in [0.2, 0.25) is 0 Å². The molecule has 4 nitrogen and oxygen atoms in total. The van der Waals surface area contributed by atoms with E-state index in [2.05, 4.69) is 20.3 Å². The van der Waals surface area contributed by atoms with E-state index in [1.807, 2.05) is 31.2 Å². The number of para-hydroxylation sites is 1. The van der Waals surface area contributed by atoms with Crippen molar-refractivity contribution in [3.63, 3.8) is 0 Å². The number of nitrogens with one attached hydrogen (secondary N) is 1. The maximum absolute atomic E-state index is 13.9. The van der Waals surface area contributed by atoms with Gasteiger partial charge >= 0.3 is 0 Å². The van der Waals surface area contributed by atoms with Crippen LogP contribution in [0.5, 0.6) is 0 Å². The number of hydrogen-bond acceptors (Lipinski definition) is 4. The van der Waals surface area contributed by atoms with Gasteiger partial charge in [-0.25, -0.2) is 23.7 Å². The Morgan fingerprint density at radius 1 is 0.885 bits per heavy atom. The van der Waals surface area contributed by atoms with Crippen molar-refractivity contribution >= 4 is 22.5 Å². The Hall–Kier alpha value is -3.41. The SMILES string of the molecule is Cc1nc(Nc2ccc(-c3cccc(F)c3F)cn2)c2ccccc2n1. The van der Waals surface area contributed by atoms with Gasteiger partial charge in [0.05, 0.1) is 5.52 Å². The molecule has 2 aromatic heterocycles. The second-order valence-electron chi connectivity index (χ2n) is 5.80. The van der Waals surface area contributed by atoms with E-state index >= 15 is 0 Å². The lowest BCUT2D eigenvalue weighted by atomic mass is 10.1. The number of aryl methyl sites for hydroxylation is 1. The molecule has 1 N–H and O–H groups in total. The minimum atomic E-state index is -0.882. The van der Waals surface area contributed by atoms with E-state index in [4.69, 9.17) is 0 Å². The molecule has 26 heavy (non-hydrogen) atoms. The predicted molar refractivity (Wildman–Crippen MR) is 97.1 cm³/mol. The lowest BCUT2D eigenvalue weighted by Gasteiger charge is -2.10. The molecule has 0 aliphatic heterocycles. The van der Waals surface area contributed by atoms with Gasteiger partial charge in [0, 0.05) is 22.7 Å². The quantitative estimate of drug-likeness (QED) is 0.565. The number of fused-ring (bicyclic) bond motifs is 1. The zero-order valence-corrected chi connectivity index (χ0v) is 13.9. The van der Waals surface area contributed by atoms with Crippen molar-refractivity contribution < 1.29 is 8.78 Å². The largest absolute Gasteiger partial charge is 0.324 e. The van der Waals surface area contributed by atoms with Crippen molar-refractivity contribution in [2.24, 2.45) is 0 Å². The summed E-state index contributed by atoms with van der Waals surface area (Å²) in [6.45, 7) is 1.82. The maximum Gasteiger partial charge on any atom is 0.166 e. The fraction of sp³-hybridized carbons (Fsp3) is 0.0500. The first kappa shape index (κ1) is 16.1. The normalized spacial score (nSPS) is 10.9. The Morgan fingerprint density at radius 2 is 1.73 bits per heavy atom. The van der Waals surface area contributed by atoms with Gasteiger partial charge in [-0.3, -0.25) is 0 Å². The highest BCUT2D eigenvalue weighted by Crippen LogP contribution is 2.26. The lowest BCUT2D eigenvalue weighted by Crippen LogP contribution is -2.00. The molecular weight excluding hydrogens is 334 g/mol. The van der Waals surface area contributed by atoms with Gasteiger partial charge in [-0.2, -0.15) is 0 Å². The first-order chi connectivity index (χ1) is 12.6. The molecule has 128 valence electrons. The molecule has 0 fully saturated rings. The van der Waals surface area contributed by atoms with Crippen LogP contribution < -0.4 is 5.32 Å². The summed E-state index contributed by atoms with van der Waals surface area (Å²) < 4.78 is 27.3. The minimum Gasteiger partial charge on any atom is -0.324 e. The molecule has 6 heteroatoms. The smallest absolute Gasteiger partial charge is 0.166 e. The molecule has 0 saturated carbocycles. The molecule has 0 amide bonds. The zero-order chi connectivity index (χ0) is 18.1. The van der Waals surface area contributed by atoms with Gasteiger partial charge in [0.25, 0.3) is 0 Å². The highest BCUT2D eigenvalue weighted by atomic mass is 19.2. The zero-order valence-electron chi connectivity index (χ0n) is 13.9. The van der Waals surface area contributed by atoms with Crippen LogP contribution in [0, 0.1) is 18.6 Å². The predicted octanol–water partition coefficient (Wildman–Crippen LogP) is 5.02. The number of benzene rings is 2. The molecule has 0 unspecified atom stereocenters. The van der Waals surface area contributed by atoms with E-state index in [0.29, 0.717) is 23.0 Å². The van der Waals surface area contributed by atoms with Crippen LogP contribution in [0.4, 0.5) is 20.4 Å². The molecular formula is C20H14F2N4. The van der Waals surface area contributed by atoms with Crippen molar-refractivity contribution in [1.29, 1.82) is 0 Å². The van der Waals surface area contributed by atoms with Crippen molar-refractivity contribution in [3.05, 3.63) is 78.3 Å². The Labute approximate surface area is 148 Å². The molecule has 2 aromatic carbocycles. The molecule has 0 bridgehead atoms. The van der Waals surface area contributed by atoms with Crippen LogP contribution in [0.25, 0.3) is 22.0 Å². The molecule has 2 heterocycles. The Balaban J connectivity index is 1.68. The molecule has 0 aliphatic carbocycles. The highest BCUT2D eigenvalue weighted by molar-refractivity contribution is 5.90. The van der Waals surface area contributed by atoms with Crippen LogP contribution in [-0.4, -0.2) is 15.0 Å². The fourth-order valence-corrected chi connectivity index (χ4v) is 2.76. The van der Waals surface area contributed by atoms with Crippen LogP contribution in [0.15, 0.2) is 60.8 Å². The average Bonchev–Trinajstić information content (AvgIpc) is 2.65. The molecule has 0 spiro atoms. The lowest BCUT2D eigenvalue weighted by molar-refractivity contribution is 0.511. The number of hydrogen-bond donors (Lipinski definition) is 1. The van der Waals surface area contributed by atoms with E-state index in [-0.39, 0.29) is 5.56 Å². The Kier molecular flexibility index (Phi) is 4.01. The van der Waals surface area contributed by atoms with Crippen LogP contribution in [0.3, 0.4) is 0 Å². The van der Waals surface area contributed by atoms with Gasteiger partial charge in [-0.05, 0) is 37.3 Å². The van der Waals surface area contributed by atoms with E-state index in [9.17, 15) is 8.78 Å². The van der Waals surface area contributed by atoms with Gasteiger partial charge in [0.1, 0.15) is 17.5 Å². The van der Waals surface area contributed by atoms with Crippen molar-refractivity contribution in [2.75, 3.05) is 5.32 Å². The third kappa shape index (κ3) is 2.97. The molecule has 4 aromatic rings. The third-order valence-electron chi connectivity index (χ3n) is 3.99.